The number of benzene rings is 3. The van der Waals surface area contributed by atoms with Crippen molar-refractivity contribution >= 4 is 21.5 Å². The maximum absolute atomic E-state index is 13.6. The van der Waals surface area contributed by atoms with Gasteiger partial charge in [-0.1, -0.05) is 41.5 Å². The minimum Gasteiger partial charge on any atom is -0.256 e. The van der Waals surface area contributed by atoms with Crippen molar-refractivity contribution in [1.82, 2.24) is 4.98 Å². The molecule has 130 valence electrons. The summed E-state index contributed by atoms with van der Waals surface area (Å²) in [6.07, 6.45) is 1.79. The maximum atomic E-state index is 13.6. The van der Waals surface area contributed by atoms with Crippen LogP contribution in [0.3, 0.4) is 0 Å². The van der Waals surface area contributed by atoms with E-state index < -0.39 is 5.92 Å². The topological polar surface area (TPSA) is 12.9 Å². The average Bonchev–Trinajstić information content (AvgIpc) is 2.59. The van der Waals surface area contributed by atoms with Crippen LogP contribution in [0, 0.1) is 13.8 Å². The number of pyridine rings is 1. The summed E-state index contributed by atoms with van der Waals surface area (Å²) >= 11 is 0. The molecule has 4 rings (SSSR count). The van der Waals surface area contributed by atoms with Gasteiger partial charge in [-0.15, -0.1) is 0 Å². The van der Waals surface area contributed by atoms with Crippen LogP contribution >= 0.6 is 0 Å². The molecule has 0 amide bonds. The third-order valence-electron chi connectivity index (χ3n) is 4.76. The zero-order valence-electron chi connectivity index (χ0n) is 15.0. The van der Waals surface area contributed by atoms with Gasteiger partial charge in [0.15, 0.2) is 0 Å². The fourth-order valence-corrected chi connectivity index (χ4v) is 3.61. The molecule has 26 heavy (non-hydrogen) atoms. The van der Waals surface area contributed by atoms with Crippen molar-refractivity contribution in [3.05, 3.63) is 77.5 Å². The van der Waals surface area contributed by atoms with E-state index >= 15 is 0 Å². The molecule has 0 aliphatic rings. The Hall–Kier alpha value is -2.81. The Morgan fingerprint density at radius 1 is 0.769 bits per heavy atom. The summed E-state index contributed by atoms with van der Waals surface area (Å²) in [6.45, 7) is 5.07. The van der Waals surface area contributed by atoms with E-state index in [1.807, 2.05) is 18.2 Å². The van der Waals surface area contributed by atoms with Gasteiger partial charge >= 0.3 is 0 Å². The van der Waals surface area contributed by atoms with Crippen molar-refractivity contribution < 1.29 is 8.78 Å². The largest absolute Gasteiger partial charge is 0.270 e. The van der Waals surface area contributed by atoms with Crippen LogP contribution in [0.5, 0.6) is 0 Å². The standard InChI is InChI=1S/C23H19F2N/c1-14-10-15(2)12-17(11-14)22-21-6-4-16-13-18(23(3,24)25)5-7-19(16)20(21)8-9-26-22/h4-13H,1-3H3. The molecule has 4 aromatic rings. The molecule has 0 bridgehead atoms. The lowest BCUT2D eigenvalue weighted by Gasteiger charge is -2.13. The Kier molecular flexibility index (Phi) is 3.76. The monoisotopic (exact) mass is 347 g/mol. The Morgan fingerprint density at radius 2 is 1.46 bits per heavy atom. The summed E-state index contributed by atoms with van der Waals surface area (Å²) in [4.78, 5) is 4.60. The predicted octanol–water partition coefficient (Wildman–Crippen LogP) is 6.78. The van der Waals surface area contributed by atoms with Gasteiger partial charge in [0.1, 0.15) is 0 Å². The summed E-state index contributed by atoms with van der Waals surface area (Å²) in [6, 6.07) is 17.1. The highest BCUT2D eigenvalue weighted by molar-refractivity contribution is 6.11. The van der Waals surface area contributed by atoms with Crippen molar-refractivity contribution in [3.63, 3.8) is 0 Å². The number of rotatable bonds is 2. The van der Waals surface area contributed by atoms with Crippen LogP contribution in [-0.4, -0.2) is 4.98 Å². The molecule has 3 aromatic carbocycles. The number of aryl methyl sites for hydroxylation is 2. The fourth-order valence-electron chi connectivity index (χ4n) is 3.61. The summed E-state index contributed by atoms with van der Waals surface area (Å²) in [5, 5.41) is 3.83. The van der Waals surface area contributed by atoms with Crippen LogP contribution in [0.4, 0.5) is 8.78 Å². The Labute approximate surface area is 151 Å². The molecule has 0 N–H and O–H groups in total. The molecular formula is C23H19F2N. The third kappa shape index (κ3) is 2.84. The lowest BCUT2D eigenvalue weighted by atomic mass is 9.95. The van der Waals surface area contributed by atoms with Gasteiger partial charge in [0, 0.05) is 29.6 Å². The molecule has 0 saturated heterocycles. The van der Waals surface area contributed by atoms with Crippen molar-refractivity contribution in [2.24, 2.45) is 0 Å². The number of nitrogens with zero attached hydrogens (tertiary/aromatic N) is 1. The van der Waals surface area contributed by atoms with Gasteiger partial charge in [-0.25, -0.2) is 8.78 Å². The fraction of sp³-hybridized carbons (Fsp3) is 0.174. The van der Waals surface area contributed by atoms with Gasteiger partial charge in [0.05, 0.1) is 5.69 Å². The second-order valence-electron chi connectivity index (χ2n) is 7.02. The SMILES string of the molecule is Cc1cc(C)cc(-c2nccc3c2ccc2cc(C(C)(F)F)ccc23)c1. The molecule has 0 aliphatic heterocycles. The van der Waals surface area contributed by atoms with Crippen LogP contribution in [0.25, 0.3) is 32.8 Å². The van der Waals surface area contributed by atoms with Crippen LogP contribution in [0.2, 0.25) is 0 Å². The smallest absolute Gasteiger partial charge is 0.256 e. The van der Waals surface area contributed by atoms with Gasteiger partial charge in [0.25, 0.3) is 5.92 Å². The first-order valence-corrected chi connectivity index (χ1v) is 8.61. The van der Waals surface area contributed by atoms with Gasteiger partial charge in [-0.05, 0) is 54.3 Å². The summed E-state index contributed by atoms with van der Waals surface area (Å²) in [7, 11) is 0. The number of hydrogen-bond donors (Lipinski definition) is 0. The minimum absolute atomic E-state index is 0.0351. The van der Waals surface area contributed by atoms with Crippen molar-refractivity contribution in [3.8, 4) is 11.3 Å². The maximum Gasteiger partial charge on any atom is 0.270 e. The highest BCUT2D eigenvalue weighted by Crippen LogP contribution is 2.35. The molecule has 1 aromatic heterocycles. The third-order valence-corrected chi connectivity index (χ3v) is 4.76. The normalized spacial score (nSPS) is 12.0. The summed E-state index contributed by atoms with van der Waals surface area (Å²) in [5.74, 6) is -2.84. The number of halogens is 2. The molecule has 0 saturated carbocycles. The highest BCUT2D eigenvalue weighted by atomic mass is 19.3. The minimum atomic E-state index is -2.84. The first-order chi connectivity index (χ1) is 12.3. The van der Waals surface area contributed by atoms with Gasteiger partial charge in [-0.2, -0.15) is 0 Å². The molecule has 0 aliphatic carbocycles. The highest BCUT2D eigenvalue weighted by Gasteiger charge is 2.24. The van der Waals surface area contributed by atoms with E-state index in [1.54, 1.807) is 18.3 Å². The van der Waals surface area contributed by atoms with Crippen LogP contribution in [0.1, 0.15) is 23.6 Å². The lowest BCUT2D eigenvalue weighted by Crippen LogP contribution is -2.06. The Morgan fingerprint density at radius 3 is 2.15 bits per heavy atom. The molecule has 3 heteroatoms. The van der Waals surface area contributed by atoms with Gasteiger partial charge < -0.3 is 0 Å². The van der Waals surface area contributed by atoms with Crippen LogP contribution < -0.4 is 0 Å². The lowest BCUT2D eigenvalue weighted by molar-refractivity contribution is 0.0176. The first kappa shape index (κ1) is 16.6. The summed E-state index contributed by atoms with van der Waals surface area (Å²) in [5.41, 5.74) is 4.40. The quantitative estimate of drug-likeness (QED) is 0.364. The number of aromatic nitrogens is 1. The molecule has 0 spiro atoms. The number of hydrogen-bond acceptors (Lipinski definition) is 1. The molecule has 1 nitrogen and oxygen atoms in total. The molecule has 0 unspecified atom stereocenters. The van der Waals surface area contributed by atoms with Crippen LogP contribution in [0.15, 0.2) is 60.8 Å². The van der Waals surface area contributed by atoms with Crippen LogP contribution in [-0.2, 0) is 5.92 Å². The predicted molar refractivity (Wildman–Crippen MR) is 104 cm³/mol. The molecule has 1 heterocycles. The van der Waals surface area contributed by atoms with Crippen molar-refractivity contribution in [2.75, 3.05) is 0 Å². The van der Waals surface area contributed by atoms with E-state index in [1.165, 1.54) is 17.2 Å². The van der Waals surface area contributed by atoms with Gasteiger partial charge in [0.2, 0.25) is 0 Å². The average molecular weight is 347 g/mol. The van der Waals surface area contributed by atoms with E-state index in [2.05, 4.69) is 37.0 Å². The second-order valence-corrected chi connectivity index (χ2v) is 7.02. The molecule has 0 radical (unpaired) electrons. The zero-order chi connectivity index (χ0) is 18.5. The van der Waals surface area contributed by atoms with E-state index in [0.29, 0.717) is 0 Å². The number of alkyl halides is 2. The van der Waals surface area contributed by atoms with Gasteiger partial charge in [-0.3, -0.25) is 4.98 Å². The van der Waals surface area contributed by atoms with E-state index in [4.69, 9.17) is 0 Å². The van der Waals surface area contributed by atoms with E-state index in [-0.39, 0.29) is 5.56 Å². The van der Waals surface area contributed by atoms with E-state index in [9.17, 15) is 8.78 Å². The van der Waals surface area contributed by atoms with Crippen molar-refractivity contribution in [2.45, 2.75) is 26.7 Å². The second kappa shape index (κ2) is 5.87. The zero-order valence-corrected chi connectivity index (χ0v) is 15.0. The molecule has 0 fully saturated rings. The Bertz CT molecular complexity index is 1120. The first-order valence-electron chi connectivity index (χ1n) is 8.61. The number of fused-ring (bicyclic) bond motifs is 3. The summed E-state index contributed by atoms with van der Waals surface area (Å²) < 4.78 is 27.3. The Balaban J connectivity index is 1.99. The van der Waals surface area contributed by atoms with Crippen molar-refractivity contribution in [1.29, 1.82) is 0 Å². The molecule has 0 atom stereocenters. The van der Waals surface area contributed by atoms with E-state index in [0.717, 1.165) is 39.7 Å². The molecular weight excluding hydrogens is 328 g/mol.